The maximum absolute atomic E-state index is 14.4. The summed E-state index contributed by atoms with van der Waals surface area (Å²) in [5, 5.41) is 0. The molecule has 2 N–H and O–H groups in total. The van der Waals surface area contributed by atoms with Crippen molar-refractivity contribution in [1.82, 2.24) is 15.0 Å². The minimum Gasteiger partial charge on any atom is -0.480 e. The number of pyridine rings is 1. The first-order valence-electron chi connectivity index (χ1n) is 6.12. The number of nitrogen functional groups attached to an aromatic ring is 1. The predicted octanol–water partition coefficient (Wildman–Crippen LogP) is 2.91. The molecule has 1 saturated carbocycles. The number of nitrogens with zero attached hydrogens (tertiary/aromatic N) is 3. The van der Waals surface area contributed by atoms with Crippen molar-refractivity contribution in [3.8, 4) is 17.1 Å². The van der Waals surface area contributed by atoms with Crippen LogP contribution < -0.4 is 10.5 Å². The number of ether oxygens (including phenoxy) is 1. The van der Waals surface area contributed by atoms with Gasteiger partial charge in [-0.15, -0.1) is 0 Å². The quantitative estimate of drug-likeness (QED) is 0.931. The Morgan fingerprint density at radius 1 is 1.35 bits per heavy atom. The summed E-state index contributed by atoms with van der Waals surface area (Å²) in [6, 6.07) is 0. The zero-order chi connectivity index (χ0) is 14.3. The molecule has 0 amide bonds. The van der Waals surface area contributed by atoms with Crippen LogP contribution in [0.2, 0.25) is 0 Å². The molecule has 5 nitrogen and oxygen atoms in total. The third-order valence-electron chi connectivity index (χ3n) is 3.24. The second-order valence-electron chi connectivity index (χ2n) is 4.60. The number of halogens is 2. The standard InChI is InChI=1S/C13H12BrFN4O/c1-20-13-8(11(6-2-3-6)18-5-19-13)12-9(15)10(16)7(14)4-17-12/h4-6H,2-3H2,1H3,(H2,16,17). The molecular weight excluding hydrogens is 327 g/mol. The molecular formula is C13H12BrFN4O. The second-order valence-corrected chi connectivity index (χ2v) is 5.45. The second kappa shape index (κ2) is 4.97. The van der Waals surface area contributed by atoms with Crippen molar-refractivity contribution < 1.29 is 9.13 Å². The van der Waals surface area contributed by atoms with Crippen LogP contribution in [0, 0.1) is 5.82 Å². The predicted molar refractivity (Wildman–Crippen MR) is 75.9 cm³/mol. The lowest BCUT2D eigenvalue weighted by molar-refractivity contribution is 0.397. The Kier molecular flexibility index (Phi) is 3.29. The highest BCUT2D eigenvalue weighted by atomic mass is 79.9. The molecule has 0 spiro atoms. The fraction of sp³-hybridized carbons (Fsp3) is 0.308. The van der Waals surface area contributed by atoms with Gasteiger partial charge in [0.25, 0.3) is 0 Å². The van der Waals surface area contributed by atoms with E-state index in [0.29, 0.717) is 21.8 Å². The molecule has 2 aromatic heterocycles. The number of hydrogen-bond donors (Lipinski definition) is 1. The Balaban J connectivity index is 2.26. The zero-order valence-corrected chi connectivity index (χ0v) is 12.3. The Morgan fingerprint density at radius 3 is 2.75 bits per heavy atom. The number of aromatic nitrogens is 3. The molecule has 2 heterocycles. The normalized spacial score (nSPS) is 14.3. The lowest BCUT2D eigenvalue weighted by Crippen LogP contribution is -2.04. The lowest BCUT2D eigenvalue weighted by Gasteiger charge is -2.12. The highest BCUT2D eigenvalue weighted by Crippen LogP contribution is 2.46. The minimum atomic E-state index is -0.589. The highest BCUT2D eigenvalue weighted by Gasteiger charge is 2.32. The molecule has 0 bridgehead atoms. The van der Waals surface area contributed by atoms with Crippen LogP contribution in [0.1, 0.15) is 24.5 Å². The van der Waals surface area contributed by atoms with Crippen molar-refractivity contribution >= 4 is 21.6 Å². The van der Waals surface area contributed by atoms with E-state index in [1.165, 1.54) is 19.6 Å². The SMILES string of the molecule is COc1ncnc(C2CC2)c1-c1ncc(Br)c(N)c1F. The largest absolute Gasteiger partial charge is 0.480 e. The van der Waals surface area contributed by atoms with Crippen LogP contribution in [0.4, 0.5) is 10.1 Å². The van der Waals surface area contributed by atoms with Crippen LogP contribution in [0.25, 0.3) is 11.3 Å². The lowest BCUT2D eigenvalue weighted by atomic mass is 10.1. The fourth-order valence-electron chi connectivity index (χ4n) is 2.08. The number of hydrogen-bond acceptors (Lipinski definition) is 5. The van der Waals surface area contributed by atoms with Gasteiger partial charge in [0.05, 0.1) is 28.5 Å². The summed E-state index contributed by atoms with van der Waals surface area (Å²) in [6.07, 6.45) is 4.95. The molecule has 0 radical (unpaired) electrons. The van der Waals surface area contributed by atoms with Gasteiger partial charge in [-0.1, -0.05) is 0 Å². The average Bonchev–Trinajstić information content (AvgIpc) is 3.29. The van der Waals surface area contributed by atoms with E-state index in [1.807, 2.05) is 0 Å². The van der Waals surface area contributed by atoms with Gasteiger partial charge in [0.1, 0.15) is 12.0 Å². The van der Waals surface area contributed by atoms with Gasteiger partial charge in [0, 0.05) is 12.1 Å². The first-order valence-corrected chi connectivity index (χ1v) is 6.91. The topological polar surface area (TPSA) is 73.9 Å². The molecule has 3 rings (SSSR count). The van der Waals surface area contributed by atoms with E-state index >= 15 is 0 Å². The zero-order valence-electron chi connectivity index (χ0n) is 10.7. The molecule has 0 aliphatic heterocycles. The smallest absolute Gasteiger partial charge is 0.226 e. The fourth-order valence-corrected chi connectivity index (χ4v) is 2.36. The van der Waals surface area contributed by atoms with Gasteiger partial charge in [-0.25, -0.2) is 14.4 Å². The van der Waals surface area contributed by atoms with Crippen LogP contribution in [-0.2, 0) is 0 Å². The van der Waals surface area contributed by atoms with Crippen molar-refractivity contribution in [2.75, 3.05) is 12.8 Å². The Labute approximate surface area is 123 Å². The molecule has 2 aromatic rings. The van der Waals surface area contributed by atoms with Crippen LogP contribution in [0.5, 0.6) is 5.88 Å². The average molecular weight is 339 g/mol. The molecule has 1 fully saturated rings. The third kappa shape index (κ3) is 2.11. The number of anilines is 1. The van der Waals surface area contributed by atoms with E-state index in [2.05, 4.69) is 30.9 Å². The van der Waals surface area contributed by atoms with Crippen LogP contribution in [-0.4, -0.2) is 22.1 Å². The summed E-state index contributed by atoms with van der Waals surface area (Å²) < 4.78 is 20.1. The van der Waals surface area contributed by atoms with E-state index in [9.17, 15) is 4.39 Å². The summed E-state index contributed by atoms with van der Waals surface area (Å²) in [5.41, 5.74) is 7.12. The van der Waals surface area contributed by atoms with Gasteiger partial charge in [-0.2, -0.15) is 0 Å². The van der Waals surface area contributed by atoms with E-state index in [4.69, 9.17) is 10.5 Å². The van der Waals surface area contributed by atoms with Gasteiger partial charge < -0.3 is 10.5 Å². The molecule has 1 aliphatic rings. The van der Waals surface area contributed by atoms with Crippen molar-refractivity contribution in [2.45, 2.75) is 18.8 Å². The van der Waals surface area contributed by atoms with Gasteiger partial charge in [-0.3, -0.25) is 4.98 Å². The molecule has 0 aromatic carbocycles. The van der Waals surface area contributed by atoms with E-state index < -0.39 is 5.82 Å². The Morgan fingerprint density at radius 2 is 2.10 bits per heavy atom. The maximum atomic E-state index is 14.4. The van der Waals surface area contributed by atoms with Crippen molar-refractivity contribution in [3.63, 3.8) is 0 Å². The van der Waals surface area contributed by atoms with Crippen LogP contribution in [0.3, 0.4) is 0 Å². The van der Waals surface area contributed by atoms with Crippen molar-refractivity contribution in [2.24, 2.45) is 0 Å². The summed E-state index contributed by atoms with van der Waals surface area (Å²) >= 11 is 3.16. The van der Waals surface area contributed by atoms with Crippen LogP contribution >= 0.6 is 15.9 Å². The Hall–Kier alpha value is -1.76. The molecule has 20 heavy (non-hydrogen) atoms. The molecule has 7 heteroatoms. The minimum absolute atomic E-state index is 0.0163. The number of methoxy groups -OCH3 is 1. The maximum Gasteiger partial charge on any atom is 0.226 e. The monoisotopic (exact) mass is 338 g/mol. The van der Waals surface area contributed by atoms with E-state index in [-0.39, 0.29) is 11.4 Å². The number of rotatable bonds is 3. The Bertz CT molecular complexity index is 676. The van der Waals surface area contributed by atoms with E-state index in [0.717, 1.165) is 18.5 Å². The van der Waals surface area contributed by atoms with Gasteiger partial charge in [0.2, 0.25) is 5.88 Å². The molecule has 104 valence electrons. The third-order valence-corrected chi connectivity index (χ3v) is 3.88. The van der Waals surface area contributed by atoms with Crippen LogP contribution in [0.15, 0.2) is 17.0 Å². The molecule has 0 saturated heterocycles. The summed E-state index contributed by atoms with van der Waals surface area (Å²) in [4.78, 5) is 12.4. The van der Waals surface area contributed by atoms with Gasteiger partial charge in [-0.05, 0) is 28.8 Å². The molecule has 0 unspecified atom stereocenters. The summed E-state index contributed by atoms with van der Waals surface area (Å²) in [7, 11) is 1.49. The molecule has 1 aliphatic carbocycles. The van der Waals surface area contributed by atoms with E-state index in [1.54, 1.807) is 0 Å². The molecule has 0 atom stereocenters. The van der Waals surface area contributed by atoms with Crippen molar-refractivity contribution in [3.05, 3.63) is 28.5 Å². The first kappa shape index (κ1) is 13.2. The van der Waals surface area contributed by atoms with Crippen molar-refractivity contribution in [1.29, 1.82) is 0 Å². The first-order chi connectivity index (χ1) is 9.63. The number of nitrogens with two attached hydrogens (primary N) is 1. The van der Waals surface area contributed by atoms with Gasteiger partial charge >= 0.3 is 0 Å². The summed E-state index contributed by atoms with van der Waals surface area (Å²) in [5.74, 6) is 0.0392. The summed E-state index contributed by atoms with van der Waals surface area (Å²) in [6.45, 7) is 0. The highest BCUT2D eigenvalue weighted by molar-refractivity contribution is 9.10. The van der Waals surface area contributed by atoms with Gasteiger partial charge in [0.15, 0.2) is 5.82 Å².